The summed E-state index contributed by atoms with van der Waals surface area (Å²) >= 11 is 13.0. The lowest BCUT2D eigenvalue weighted by molar-refractivity contribution is 0.824. The van der Waals surface area contributed by atoms with Crippen molar-refractivity contribution in [1.82, 2.24) is 10.6 Å². The molecule has 0 atom stereocenters. The number of thiocarbonyl (C=S) groups is 2. The van der Waals surface area contributed by atoms with Gasteiger partial charge < -0.3 is 16.4 Å². The summed E-state index contributed by atoms with van der Waals surface area (Å²) in [5, 5.41) is 5.87. The largest absolute Gasteiger partial charge is 0.376 e. The standard InChI is InChI=1S/C4H9N3S3/c5-3(8)6-1-2-7-4(9)10/h1-2H2,(H3,5,6,8)(H2,7,9,10). The van der Waals surface area contributed by atoms with Crippen LogP contribution in [0.15, 0.2) is 0 Å². The third-order valence-corrected chi connectivity index (χ3v) is 1.15. The summed E-state index contributed by atoms with van der Waals surface area (Å²) in [7, 11) is 0. The van der Waals surface area contributed by atoms with Crippen molar-refractivity contribution in [1.29, 1.82) is 0 Å². The molecule has 0 bridgehead atoms. The molecule has 0 aliphatic carbocycles. The Hall–Kier alpha value is -0.0700. The highest BCUT2D eigenvalue weighted by Gasteiger charge is 1.87. The normalized spacial score (nSPS) is 8.50. The van der Waals surface area contributed by atoms with Crippen molar-refractivity contribution in [3.05, 3.63) is 0 Å². The van der Waals surface area contributed by atoms with Crippen LogP contribution in [-0.2, 0) is 0 Å². The van der Waals surface area contributed by atoms with Crippen molar-refractivity contribution in [2.45, 2.75) is 0 Å². The van der Waals surface area contributed by atoms with Crippen molar-refractivity contribution < 1.29 is 0 Å². The minimum absolute atomic E-state index is 0.298. The third-order valence-electron chi connectivity index (χ3n) is 0.700. The molecule has 0 heterocycles. The van der Waals surface area contributed by atoms with E-state index in [1.807, 2.05) is 0 Å². The van der Waals surface area contributed by atoms with Gasteiger partial charge in [-0.05, 0) is 12.2 Å². The van der Waals surface area contributed by atoms with Gasteiger partial charge in [0.15, 0.2) is 5.11 Å². The van der Waals surface area contributed by atoms with Crippen LogP contribution in [0.5, 0.6) is 0 Å². The Labute approximate surface area is 76.1 Å². The third kappa shape index (κ3) is 7.93. The summed E-state index contributed by atoms with van der Waals surface area (Å²) in [5.41, 5.74) is 5.15. The van der Waals surface area contributed by atoms with Gasteiger partial charge in [-0.25, -0.2) is 0 Å². The highest BCUT2D eigenvalue weighted by Crippen LogP contribution is 1.74. The fourth-order valence-corrected chi connectivity index (χ4v) is 0.671. The molecule has 3 nitrogen and oxygen atoms in total. The van der Waals surface area contributed by atoms with Crippen LogP contribution in [0.2, 0.25) is 0 Å². The lowest BCUT2D eigenvalue weighted by Gasteiger charge is -2.03. The van der Waals surface area contributed by atoms with Crippen molar-refractivity contribution >= 4 is 46.5 Å². The fourth-order valence-electron chi connectivity index (χ4n) is 0.355. The molecule has 6 heteroatoms. The number of hydrogen-bond acceptors (Lipinski definition) is 2. The molecule has 0 spiro atoms. The molecule has 4 N–H and O–H groups in total. The van der Waals surface area contributed by atoms with Gasteiger partial charge in [0.05, 0.1) is 0 Å². The van der Waals surface area contributed by atoms with Crippen LogP contribution < -0.4 is 16.4 Å². The molecule has 0 aromatic heterocycles. The monoisotopic (exact) mass is 195 g/mol. The minimum atomic E-state index is 0.298. The molecule has 0 aliphatic heterocycles. The summed E-state index contributed by atoms with van der Waals surface area (Å²) in [6.45, 7) is 1.34. The van der Waals surface area contributed by atoms with Gasteiger partial charge in [-0.3, -0.25) is 0 Å². The molecular formula is C4H9N3S3. The zero-order valence-corrected chi connectivity index (χ0v) is 7.78. The molecule has 0 fully saturated rings. The van der Waals surface area contributed by atoms with Crippen LogP contribution in [0.1, 0.15) is 0 Å². The van der Waals surface area contributed by atoms with Crippen LogP contribution in [-0.4, -0.2) is 22.5 Å². The summed E-state index contributed by atoms with van der Waals surface area (Å²) in [6.07, 6.45) is 0. The molecule has 0 rings (SSSR count). The molecule has 0 aliphatic rings. The van der Waals surface area contributed by atoms with E-state index in [4.69, 9.17) is 5.73 Å². The predicted molar refractivity (Wildman–Crippen MR) is 54.4 cm³/mol. The number of nitrogens with two attached hydrogens (primary N) is 1. The topological polar surface area (TPSA) is 50.1 Å². The first-order valence-corrected chi connectivity index (χ1v) is 3.89. The van der Waals surface area contributed by atoms with E-state index >= 15 is 0 Å². The Morgan fingerprint density at radius 2 is 1.80 bits per heavy atom. The maximum atomic E-state index is 5.15. The second-order valence-electron chi connectivity index (χ2n) is 1.52. The Bertz CT molecular complexity index is 120. The lowest BCUT2D eigenvalue weighted by Crippen LogP contribution is -2.35. The molecule has 0 unspecified atom stereocenters. The molecule has 0 radical (unpaired) electrons. The summed E-state index contributed by atoms with van der Waals surface area (Å²) in [6, 6.07) is 0. The van der Waals surface area contributed by atoms with Crippen LogP contribution in [0.3, 0.4) is 0 Å². The van der Waals surface area contributed by atoms with E-state index in [-0.39, 0.29) is 0 Å². The molecule has 0 saturated heterocycles. The maximum absolute atomic E-state index is 5.15. The maximum Gasteiger partial charge on any atom is 0.163 e. The van der Waals surface area contributed by atoms with E-state index in [1.165, 1.54) is 0 Å². The van der Waals surface area contributed by atoms with Crippen molar-refractivity contribution in [2.24, 2.45) is 5.73 Å². The Morgan fingerprint density at radius 1 is 1.30 bits per heavy atom. The van der Waals surface area contributed by atoms with Gasteiger partial charge in [0, 0.05) is 13.1 Å². The predicted octanol–water partition coefficient (Wildman–Crippen LogP) is -0.376. The van der Waals surface area contributed by atoms with E-state index in [0.29, 0.717) is 22.5 Å². The Balaban J connectivity index is 3.06. The average Bonchev–Trinajstić information content (AvgIpc) is 1.79. The Kier molecular flexibility index (Phi) is 5.66. The van der Waals surface area contributed by atoms with Gasteiger partial charge >= 0.3 is 0 Å². The van der Waals surface area contributed by atoms with Gasteiger partial charge in [0.25, 0.3) is 0 Å². The number of hydrogen-bond donors (Lipinski definition) is 4. The van der Waals surface area contributed by atoms with Gasteiger partial charge in [0.1, 0.15) is 4.32 Å². The van der Waals surface area contributed by atoms with Crippen molar-refractivity contribution in [3.8, 4) is 0 Å². The van der Waals surface area contributed by atoms with E-state index in [9.17, 15) is 0 Å². The van der Waals surface area contributed by atoms with Gasteiger partial charge in [-0.15, -0.1) is 12.6 Å². The molecule has 10 heavy (non-hydrogen) atoms. The molecule has 0 aromatic rings. The van der Waals surface area contributed by atoms with Gasteiger partial charge in [-0.1, -0.05) is 12.2 Å². The van der Waals surface area contributed by atoms with Crippen molar-refractivity contribution in [3.63, 3.8) is 0 Å². The first-order chi connectivity index (χ1) is 4.63. The molecule has 58 valence electrons. The lowest BCUT2D eigenvalue weighted by atomic mass is 10.6. The van der Waals surface area contributed by atoms with Gasteiger partial charge in [-0.2, -0.15) is 0 Å². The minimum Gasteiger partial charge on any atom is -0.376 e. The van der Waals surface area contributed by atoms with Crippen LogP contribution in [0, 0.1) is 0 Å². The first-order valence-electron chi connectivity index (χ1n) is 2.63. The highest BCUT2D eigenvalue weighted by atomic mass is 32.1. The molecule has 0 saturated carbocycles. The van der Waals surface area contributed by atoms with Crippen LogP contribution >= 0.6 is 37.1 Å². The SMILES string of the molecule is NC(=S)NCCNC(=S)S. The zero-order valence-electron chi connectivity index (χ0n) is 5.26. The van der Waals surface area contributed by atoms with E-state index in [2.05, 4.69) is 47.7 Å². The first kappa shape index (κ1) is 9.93. The highest BCUT2D eigenvalue weighted by molar-refractivity contribution is 8.11. The second-order valence-corrected chi connectivity index (χ2v) is 3.12. The van der Waals surface area contributed by atoms with E-state index < -0.39 is 0 Å². The quantitative estimate of drug-likeness (QED) is 0.281. The molecule has 0 amide bonds. The van der Waals surface area contributed by atoms with Crippen LogP contribution in [0.25, 0.3) is 0 Å². The average molecular weight is 195 g/mol. The second kappa shape index (κ2) is 5.70. The summed E-state index contributed by atoms with van der Waals surface area (Å²) in [4.78, 5) is 0. The van der Waals surface area contributed by atoms with Crippen molar-refractivity contribution in [2.75, 3.05) is 13.1 Å². The summed E-state index contributed by atoms with van der Waals surface area (Å²) < 4.78 is 0.477. The smallest absolute Gasteiger partial charge is 0.163 e. The van der Waals surface area contributed by atoms with E-state index in [0.717, 1.165) is 0 Å². The fraction of sp³-hybridized carbons (Fsp3) is 0.500. The zero-order chi connectivity index (χ0) is 7.98. The Morgan fingerprint density at radius 3 is 2.20 bits per heavy atom. The molecule has 0 aromatic carbocycles. The number of nitrogens with one attached hydrogen (secondary N) is 2. The van der Waals surface area contributed by atoms with Crippen LogP contribution in [0.4, 0.5) is 0 Å². The number of thiol groups is 1. The van der Waals surface area contributed by atoms with E-state index in [1.54, 1.807) is 0 Å². The molecular weight excluding hydrogens is 186 g/mol. The van der Waals surface area contributed by atoms with Gasteiger partial charge in [0.2, 0.25) is 0 Å². The number of rotatable bonds is 3. The summed E-state index contributed by atoms with van der Waals surface area (Å²) in [5.74, 6) is 0.